The van der Waals surface area contributed by atoms with Crippen LogP contribution in [-0.2, 0) is 15.6 Å². The maximum Gasteiger partial charge on any atom is 0.337 e. The van der Waals surface area contributed by atoms with E-state index < -0.39 is 21.6 Å². The van der Waals surface area contributed by atoms with Crippen molar-refractivity contribution in [3.05, 3.63) is 57.3 Å². The lowest BCUT2D eigenvalue weighted by atomic mass is 10.2. The summed E-state index contributed by atoms with van der Waals surface area (Å²) in [6, 6.07) is 5.47. The molecule has 1 heterocycles. The van der Waals surface area contributed by atoms with Gasteiger partial charge in [0.05, 0.1) is 21.2 Å². The van der Waals surface area contributed by atoms with Gasteiger partial charge in [-0.2, -0.15) is 0 Å². The lowest BCUT2D eigenvalue weighted by Crippen LogP contribution is -2.11. The molecule has 1 N–H and O–H groups in total. The monoisotopic (exact) mass is 389 g/mol. The van der Waals surface area contributed by atoms with Crippen molar-refractivity contribution in [1.82, 2.24) is 4.98 Å². The first-order valence-electron chi connectivity index (χ1n) is 5.65. The summed E-state index contributed by atoms with van der Waals surface area (Å²) in [4.78, 5) is 14.7. The summed E-state index contributed by atoms with van der Waals surface area (Å²) >= 11 is 9.04. The van der Waals surface area contributed by atoms with E-state index in [1.165, 1.54) is 36.7 Å². The molecule has 0 saturated carbocycles. The fourth-order valence-electron chi connectivity index (χ4n) is 1.73. The molecule has 0 aliphatic carbocycles. The van der Waals surface area contributed by atoms with Crippen LogP contribution in [0, 0.1) is 0 Å². The van der Waals surface area contributed by atoms with Crippen molar-refractivity contribution in [1.29, 1.82) is 0 Å². The average molecular weight is 391 g/mol. The molecule has 0 bridgehead atoms. The van der Waals surface area contributed by atoms with Crippen LogP contribution in [-0.4, -0.2) is 24.5 Å². The Kier molecular flexibility index (Phi) is 4.65. The normalized spacial score (nSPS) is 11.3. The van der Waals surface area contributed by atoms with E-state index >= 15 is 0 Å². The van der Waals surface area contributed by atoms with Gasteiger partial charge in [0.2, 0.25) is 0 Å². The van der Waals surface area contributed by atoms with Gasteiger partial charge in [0.15, 0.2) is 9.84 Å². The second-order valence-electron chi connectivity index (χ2n) is 4.17. The van der Waals surface area contributed by atoms with Gasteiger partial charge in [0.25, 0.3) is 0 Å². The molecular weight excluding hydrogens is 382 g/mol. The minimum atomic E-state index is -3.86. The van der Waals surface area contributed by atoms with Crippen LogP contribution in [0.5, 0.6) is 0 Å². The Morgan fingerprint density at radius 3 is 2.67 bits per heavy atom. The van der Waals surface area contributed by atoms with E-state index in [0.717, 1.165) is 0 Å². The lowest BCUT2D eigenvalue weighted by Gasteiger charge is -2.09. The number of hydrogen-bond acceptors (Lipinski definition) is 4. The average Bonchev–Trinajstić information content (AvgIpc) is 2.41. The minimum absolute atomic E-state index is 0.216. The zero-order chi connectivity index (χ0) is 15.6. The molecule has 0 radical (unpaired) electrons. The molecule has 5 nitrogen and oxygen atoms in total. The van der Waals surface area contributed by atoms with Gasteiger partial charge in [-0.25, -0.2) is 13.2 Å². The van der Waals surface area contributed by atoms with E-state index in [9.17, 15) is 13.2 Å². The maximum absolute atomic E-state index is 12.5. The Hall–Kier alpha value is -1.44. The van der Waals surface area contributed by atoms with E-state index in [1.807, 2.05) is 0 Å². The zero-order valence-electron chi connectivity index (χ0n) is 10.5. The number of carbonyl (C=O) groups is 1. The highest BCUT2D eigenvalue weighted by Crippen LogP contribution is 2.26. The summed E-state index contributed by atoms with van der Waals surface area (Å²) in [6.07, 6.45) is 2.77. The lowest BCUT2D eigenvalue weighted by molar-refractivity contribution is 0.0692. The van der Waals surface area contributed by atoms with Crippen molar-refractivity contribution < 1.29 is 18.3 Å². The molecule has 110 valence electrons. The first-order valence-corrected chi connectivity index (χ1v) is 8.47. The van der Waals surface area contributed by atoms with Crippen LogP contribution in [0.1, 0.15) is 15.9 Å². The first-order chi connectivity index (χ1) is 9.81. The highest BCUT2D eigenvalue weighted by atomic mass is 79.9. The quantitative estimate of drug-likeness (QED) is 0.867. The molecule has 0 fully saturated rings. The third kappa shape index (κ3) is 3.61. The van der Waals surface area contributed by atoms with Gasteiger partial charge < -0.3 is 5.11 Å². The Bertz CT molecular complexity index is 808. The largest absolute Gasteiger partial charge is 0.478 e. The van der Waals surface area contributed by atoms with Crippen molar-refractivity contribution in [2.24, 2.45) is 0 Å². The first kappa shape index (κ1) is 15.9. The summed E-state index contributed by atoms with van der Waals surface area (Å²) in [5, 5.41) is 9.34. The van der Waals surface area contributed by atoms with Gasteiger partial charge in [-0.1, -0.05) is 27.5 Å². The molecule has 2 rings (SSSR count). The second kappa shape index (κ2) is 6.13. The number of halogens is 2. The Morgan fingerprint density at radius 1 is 1.33 bits per heavy atom. The van der Waals surface area contributed by atoms with Crippen LogP contribution in [0.3, 0.4) is 0 Å². The number of aromatic carboxylic acids is 1. The van der Waals surface area contributed by atoms with Crippen LogP contribution < -0.4 is 0 Å². The number of hydrogen-bond donors (Lipinski definition) is 1. The van der Waals surface area contributed by atoms with Gasteiger partial charge in [-0.05, 0) is 29.8 Å². The summed E-state index contributed by atoms with van der Waals surface area (Å²) in [5.41, 5.74) is 0.0892. The molecule has 21 heavy (non-hydrogen) atoms. The summed E-state index contributed by atoms with van der Waals surface area (Å²) in [7, 11) is -3.86. The number of nitrogens with zero attached hydrogens (tertiary/aromatic N) is 1. The van der Waals surface area contributed by atoms with Crippen LogP contribution in [0.15, 0.2) is 46.0 Å². The molecule has 8 heteroatoms. The molecule has 0 amide bonds. The Labute approximate surface area is 134 Å². The number of carboxylic acids is 1. The standard InChI is InChI=1S/C13H9BrClNO4S/c14-9-1-2-10(13(17)18)12(5-9)21(19,20)7-8-3-4-16-6-11(8)15/h1-6H,7H2,(H,17,18). The molecular formula is C13H9BrClNO4S. The summed E-state index contributed by atoms with van der Waals surface area (Å²) < 4.78 is 25.4. The number of sulfone groups is 1. The molecule has 1 aromatic carbocycles. The third-order valence-electron chi connectivity index (χ3n) is 2.71. The highest BCUT2D eigenvalue weighted by molar-refractivity contribution is 9.10. The van der Waals surface area contributed by atoms with Crippen molar-refractivity contribution in [2.45, 2.75) is 10.6 Å². The van der Waals surface area contributed by atoms with Gasteiger partial charge in [-0.3, -0.25) is 4.98 Å². The molecule has 0 unspecified atom stereocenters. The van der Waals surface area contributed by atoms with E-state index in [2.05, 4.69) is 20.9 Å². The van der Waals surface area contributed by atoms with Crippen molar-refractivity contribution in [2.75, 3.05) is 0 Å². The van der Waals surface area contributed by atoms with Crippen molar-refractivity contribution in [3.63, 3.8) is 0 Å². The predicted molar refractivity (Wildman–Crippen MR) is 81.2 cm³/mol. The van der Waals surface area contributed by atoms with Gasteiger partial charge in [0, 0.05) is 16.9 Å². The topological polar surface area (TPSA) is 84.3 Å². The van der Waals surface area contributed by atoms with E-state index in [4.69, 9.17) is 16.7 Å². The number of aromatic nitrogens is 1. The Balaban J connectivity index is 2.52. The van der Waals surface area contributed by atoms with Gasteiger partial charge in [-0.15, -0.1) is 0 Å². The molecule has 0 spiro atoms. The van der Waals surface area contributed by atoms with Crippen LogP contribution in [0.25, 0.3) is 0 Å². The molecule has 1 aromatic heterocycles. The molecule has 0 saturated heterocycles. The van der Waals surface area contributed by atoms with Crippen LogP contribution in [0.4, 0.5) is 0 Å². The van der Waals surface area contributed by atoms with E-state index in [1.54, 1.807) is 0 Å². The molecule has 2 aromatic rings. The number of pyridine rings is 1. The second-order valence-corrected chi connectivity index (χ2v) is 7.45. The fourth-order valence-corrected chi connectivity index (χ4v) is 4.13. The van der Waals surface area contributed by atoms with Gasteiger partial charge >= 0.3 is 5.97 Å². The smallest absolute Gasteiger partial charge is 0.337 e. The number of rotatable bonds is 4. The maximum atomic E-state index is 12.5. The number of carboxylic acid groups (broad SMARTS) is 1. The molecule has 0 atom stereocenters. The molecule has 0 aliphatic heterocycles. The third-order valence-corrected chi connectivity index (χ3v) is 5.24. The predicted octanol–water partition coefficient (Wildman–Crippen LogP) is 3.17. The van der Waals surface area contributed by atoms with Crippen molar-refractivity contribution in [3.8, 4) is 0 Å². The van der Waals surface area contributed by atoms with E-state index in [-0.39, 0.29) is 15.5 Å². The SMILES string of the molecule is O=C(O)c1ccc(Br)cc1S(=O)(=O)Cc1ccncc1Cl. The van der Waals surface area contributed by atoms with Crippen LogP contribution in [0.2, 0.25) is 5.02 Å². The van der Waals surface area contributed by atoms with Gasteiger partial charge in [0.1, 0.15) is 0 Å². The minimum Gasteiger partial charge on any atom is -0.478 e. The zero-order valence-corrected chi connectivity index (χ0v) is 13.6. The fraction of sp³-hybridized carbons (Fsp3) is 0.0769. The Morgan fingerprint density at radius 2 is 2.05 bits per heavy atom. The van der Waals surface area contributed by atoms with Crippen molar-refractivity contribution >= 4 is 43.3 Å². The highest BCUT2D eigenvalue weighted by Gasteiger charge is 2.24. The van der Waals surface area contributed by atoms with Crippen LogP contribution >= 0.6 is 27.5 Å². The molecule has 0 aliphatic rings. The summed E-state index contributed by atoms with van der Waals surface area (Å²) in [5.74, 6) is -1.70. The number of benzene rings is 1. The summed E-state index contributed by atoms with van der Waals surface area (Å²) in [6.45, 7) is 0. The van der Waals surface area contributed by atoms with E-state index in [0.29, 0.717) is 10.0 Å².